The lowest BCUT2D eigenvalue weighted by atomic mass is 10.2. The van der Waals surface area contributed by atoms with Gasteiger partial charge >= 0.3 is 0 Å². The molecule has 2 N–H and O–H groups in total. The Morgan fingerprint density at radius 3 is 2.41 bits per heavy atom. The van der Waals surface area contributed by atoms with E-state index in [-0.39, 0.29) is 5.75 Å². The molecule has 116 valence electrons. The number of phenols is 1. The molecule has 0 heterocycles. The van der Waals surface area contributed by atoms with Gasteiger partial charge in [0.15, 0.2) is 11.5 Å². The molecule has 0 saturated heterocycles. The molecular formula is C14H10BrCl3N2O2. The van der Waals surface area contributed by atoms with E-state index in [1.54, 1.807) is 24.3 Å². The number of anilines is 1. The van der Waals surface area contributed by atoms with Crippen molar-refractivity contribution in [3.8, 4) is 11.5 Å². The van der Waals surface area contributed by atoms with E-state index in [0.29, 0.717) is 36.5 Å². The molecule has 2 aromatic carbocycles. The highest BCUT2D eigenvalue weighted by Crippen LogP contribution is 2.35. The summed E-state index contributed by atoms with van der Waals surface area (Å²) in [5.41, 5.74) is 3.91. The molecule has 0 unspecified atom stereocenters. The zero-order valence-corrected chi connectivity index (χ0v) is 15.1. The number of methoxy groups -OCH3 is 1. The highest BCUT2D eigenvalue weighted by atomic mass is 79.9. The quantitative estimate of drug-likeness (QED) is 0.498. The summed E-state index contributed by atoms with van der Waals surface area (Å²) >= 11 is 21.2. The molecule has 0 aliphatic heterocycles. The molecule has 0 aromatic heterocycles. The molecule has 0 atom stereocenters. The largest absolute Gasteiger partial charge is 0.503 e. The summed E-state index contributed by atoms with van der Waals surface area (Å²) in [6.07, 6.45) is 1.54. The van der Waals surface area contributed by atoms with Crippen LogP contribution in [0.25, 0.3) is 0 Å². The zero-order chi connectivity index (χ0) is 16.3. The Morgan fingerprint density at radius 1 is 1.18 bits per heavy atom. The molecule has 0 bridgehead atoms. The smallest absolute Gasteiger partial charge is 0.172 e. The van der Waals surface area contributed by atoms with Gasteiger partial charge in [0, 0.05) is 5.02 Å². The van der Waals surface area contributed by atoms with Crippen LogP contribution in [0, 0.1) is 0 Å². The summed E-state index contributed by atoms with van der Waals surface area (Å²) < 4.78 is 5.56. The third-order valence-corrected chi connectivity index (χ3v) is 4.09. The van der Waals surface area contributed by atoms with Crippen LogP contribution in [0.2, 0.25) is 15.1 Å². The van der Waals surface area contributed by atoms with Crippen LogP contribution in [-0.2, 0) is 0 Å². The summed E-state index contributed by atoms with van der Waals surface area (Å²) in [7, 11) is 1.47. The number of hydrogen-bond donors (Lipinski definition) is 2. The number of phenolic OH excluding ortho intramolecular Hbond substituents is 1. The predicted molar refractivity (Wildman–Crippen MR) is 95.0 cm³/mol. The minimum absolute atomic E-state index is 0.0244. The SMILES string of the molecule is COc1cc(C=NNc2c(Cl)cc(Cl)cc2Cl)cc(Br)c1O. The van der Waals surface area contributed by atoms with Gasteiger partial charge in [-0.05, 0) is 45.8 Å². The molecule has 0 amide bonds. The third-order valence-electron chi connectivity index (χ3n) is 2.67. The van der Waals surface area contributed by atoms with Crippen molar-refractivity contribution in [1.82, 2.24) is 0 Å². The normalized spacial score (nSPS) is 11.0. The number of nitrogens with zero attached hydrogens (tertiary/aromatic N) is 1. The Morgan fingerprint density at radius 2 is 1.82 bits per heavy atom. The van der Waals surface area contributed by atoms with E-state index in [1.165, 1.54) is 13.3 Å². The average Bonchev–Trinajstić information content (AvgIpc) is 2.45. The first kappa shape index (κ1) is 17.2. The topological polar surface area (TPSA) is 53.8 Å². The fourth-order valence-corrected chi connectivity index (χ4v) is 3.01. The number of rotatable bonds is 4. The van der Waals surface area contributed by atoms with Gasteiger partial charge in [-0.2, -0.15) is 5.10 Å². The summed E-state index contributed by atoms with van der Waals surface area (Å²) in [6.45, 7) is 0. The Labute approximate surface area is 150 Å². The molecule has 2 rings (SSSR count). The van der Waals surface area contributed by atoms with Crippen LogP contribution in [0.1, 0.15) is 5.56 Å². The van der Waals surface area contributed by atoms with Crippen molar-refractivity contribution in [3.63, 3.8) is 0 Å². The highest BCUT2D eigenvalue weighted by molar-refractivity contribution is 9.10. The van der Waals surface area contributed by atoms with E-state index in [9.17, 15) is 5.11 Å². The summed E-state index contributed by atoms with van der Waals surface area (Å²) in [5.74, 6) is 0.356. The zero-order valence-electron chi connectivity index (χ0n) is 11.2. The fourth-order valence-electron chi connectivity index (χ4n) is 1.64. The summed E-state index contributed by atoms with van der Waals surface area (Å²) in [5, 5.41) is 15.0. The van der Waals surface area contributed by atoms with Crippen molar-refractivity contribution in [2.45, 2.75) is 0 Å². The lowest BCUT2D eigenvalue weighted by molar-refractivity contribution is 0.372. The van der Waals surface area contributed by atoms with Gasteiger partial charge in [-0.3, -0.25) is 5.43 Å². The van der Waals surface area contributed by atoms with Crippen molar-refractivity contribution in [3.05, 3.63) is 49.4 Å². The van der Waals surface area contributed by atoms with Gasteiger partial charge in [0.05, 0.1) is 33.5 Å². The first-order chi connectivity index (χ1) is 10.4. The maximum Gasteiger partial charge on any atom is 0.172 e. The molecule has 8 heteroatoms. The van der Waals surface area contributed by atoms with Crippen molar-refractivity contribution in [2.75, 3.05) is 12.5 Å². The molecular weight excluding hydrogens is 414 g/mol. The molecule has 22 heavy (non-hydrogen) atoms. The van der Waals surface area contributed by atoms with Crippen LogP contribution < -0.4 is 10.2 Å². The first-order valence-corrected chi connectivity index (χ1v) is 7.85. The fraction of sp³-hybridized carbons (Fsp3) is 0.0714. The van der Waals surface area contributed by atoms with Crippen LogP contribution in [0.3, 0.4) is 0 Å². The number of nitrogens with one attached hydrogen (secondary N) is 1. The van der Waals surface area contributed by atoms with Crippen LogP contribution >= 0.6 is 50.7 Å². The predicted octanol–water partition coefficient (Wildman–Crippen LogP) is 5.57. The summed E-state index contributed by atoms with van der Waals surface area (Å²) in [4.78, 5) is 0. The van der Waals surface area contributed by atoms with Crippen LogP contribution in [0.15, 0.2) is 33.8 Å². The number of aromatic hydroxyl groups is 1. The van der Waals surface area contributed by atoms with E-state index >= 15 is 0 Å². The molecule has 0 aliphatic carbocycles. The van der Waals surface area contributed by atoms with Crippen molar-refractivity contribution < 1.29 is 9.84 Å². The van der Waals surface area contributed by atoms with Gasteiger partial charge in [-0.25, -0.2) is 0 Å². The Hall–Kier alpha value is -1.14. The number of hydrogen-bond acceptors (Lipinski definition) is 4. The van der Waals surface area contributed by atoms with Crippen molar-refractivity contribution in [1.29, 1.82) is 0 Å². The van der Waals surface area contributed by atoms with Gasteiger partial charge in [-0.15, -0.1) is 0 Å². The van der Waals surface area contributed by atoms with Crippen LogP contribution in [-0.4, -0.2) is 18.4 Å². The summed E-state index contributed by atoms with van der Waals surface area (Å²) in [6, 6.07) is 6.45. The van der Waals surface area contributed by atoms with Gasteiger partial charge < -0.3 is 9.84 Å². The molecule has 0 radical (unpaired) electrons. The monoisotopic (exact) mass is 422 g/mol. The number of benzene rings is 2. The minimum Gasteiger partial charge on any atom is -0.503 e. The number of halogens is 4. The van der Waals surface area contributed by atoms with Gasteiger partial charge in [0.2, 0.25) is 0 Å². The molecule has 2 aromatic rings. The van der Waals surface area contributed by atoms with E-state index in [1.807, 2.05) is 0 Å². The second-order valence-electron chi connectivity index (χ2n) is 4.17. The second kappa shape index (κ2) is 7.42. The maximum absolute atomic E-state index is 9.74. The molecule has 0 saturated carbocycles. The molecule has 0 spiro atoms. The van der Waals surface area contributed by atoms with E-state index in [0.717, 1.165) is 0 Å². The van der Waals surface area contributed by atoms with Crippen LogP contribution in [0.5, 0.6) is 11.5 Å². The molecule has 0 fully saturated rings. The van der Waals surface area contributed by atoms with Crippen LogP contribution in [0.4, 0.5) is 5.69 Å². The number of ether oxygens (including phenoxy) is 1. The Kier molecular flexibility index (Phi) is 5.81. The minimum atomic E-state index is 0.0244. The van der Waals surface area contributed by atoms with E-state index < -0.39 is 0 Å². The van der Waals surface area contributed by atoms with Gasteiger partial charge in [0.1, 0.15) is 0 Å². The third kappa shape index (κ3) is 3.98. The number of hydrazone groups is 1. The lowest BCUT2D eigenvalue weighted by Crippen LogP contribution is -1.94. The van der Waals surface area contributed by atoms with E-state index in [2.05, 4.69) is 26.5 Å². The maximum atomic E-state index is 9.74. The standard InChI is InChI=1S/C14H10BrCl3N2O2/c1-22-12-3-7(2-9(15)14(12)21)6-19-20-13-10(17)4-8(16)5-11(13)18/h2-6,20-21H,1H3. The second-order valence-corrected chi connectivity index (χ2v) is 6.27. The average molecular weight is 425 g/mol. The molecule has 4 nitrogen and oxygen atoms in total. The van der Waals surface area contributed by atoms with Gasteiger partial charge in [0.25, 0.3) is 0 Å². The molecule has 0 aliphatic rings. The first-order valence-electron chi connectivity index (χ1n) is 5.92. The highest BCUT2D eigenvalue weighted by Gasteiger charge is 2.08. The van der Waals surface area contributed by atoms with E-state index in [4.69, 9.17) is 39.5 Å². The van der Waals surface area contributed by atoms with Crippen molar-refractivity contribution in [2.24, 2.45) is 5.10 Å². The van der Waals surface area contributed by atoms with Gasteiger partial charge in [-0.1, -0.05) is 34.8 Å². The lowest BCUT2D eigenvalue weighted by Gasteiger charge is -2.08. The van der Waals surface area contributed by atoms with Crippen molar-refractivity contribution >= 4 is 62.6 Å². The Bertz CT molecular complexity index is 715. The Balaban J connectivity index is 2.22.